The lowest BCUT2D eigenvalue weighted by atomic mass is 9.87. The Bertz CT molecular complexity index is 1180. The first kappa shape index (κ1) is 21.6. The van der Waals surface area contributed by atoms with Crippen molar-refractivity contribution in [3.05, 3.63) is 54.2 Å². The predicted molar refractivity (Wildman–Crippen MR) is 122 cm³/mol. The Morgan fingerprint density at radius 2 is 1.97 bits per heavy atom. The lowest BCUT2D eigenvalue weighted by molar-refractivity contribution is -0.124. The number of benzene rings is 2. The highest BCUT2D eigenvalue weighted by molar-refractivity contribution is 5.90. The van der Waals surface area contributed by atoms with E-state index < -0.39 is 6.04 Å². The van der Waals surface area contributed by atoms with Gasteiger partial charge in [-0.25, -0.2) is 0 Å². The summed E-state index contributed by atoms with van der Waals surface area (Å²) in [5, 5.41) is 13.0. The van der Waals surface area contributed by atoms with E-state index in [0.29, 0.717) is 23.6 Å². The summed E-state index contributed by atoms with van der Waals surface area (Å²) in [6.45, 7) is 1.46. The zero-order chi connectivity index (χ0) is 22.7. The average Bonchev–Trinajstić information content (AvgIpc) is 3.41. The molecule has 1 aliphatic carbocycles. The van der Waals surface area contributed by atoms with Gasteiger partial charge in [0.05, 0.1) is 18.0 Å². The maximum absolute atomic E-state index is 12.8. The Balaban J connectivity index is 1.48. The Hall–Kier alpha value is -3.63. The monoisotopic (exact) mass is 430 g/mol. The van der Waals surface area contributed by atoms with Gasteiger partial charge in [-0.3, -0.25) is 9.59 Å². The molecule has 4 N–H and O–H groups in total. The first-order valence-electron chi connectivity index (χ1n) is 10.8. The second-order valence-electron chi connectivity index (χ2n) is 8.31. The number of carbonyl (C=O) groups is 2. The van der Waals surface area contributed by atoms with Crippen molar-refractivity contribution in [3.63, 3.8) is 0 Å². The fourth-order valence-corrected chi connectivity index (χ4v) is 4.40. The first-order valence-corrected chi connectivity index (χ1v) is 10.8. The van der Waals surface area contributed by atoms with Crippen LogP contribution in [0.1, 0.15) is 31.7 Å². The van der Waals surface area contributed by atoms with Crippen molar-refractivity contribution in [2.45, 2.75) is 38.6 Å². The number of hydrogen-bond donors (Lipinski definition) is 3. The van der Waals surface area contributed by atoms with Gasteiger partial charge in [0.15, 0.2) is 5.78 Å². The topological polar surface area (TPSA) is 121 Å². The van der Waals surface area contributed by atoms with Crippen molar-refractivity contribution >= 4 is 28.3 Å². The molecule has 1 amide bonds. The van der Waals surface area contributed by atoms with E-state index in [1.807, 2.05) is 24.4 Å². The molecule has 3 aromatic rings. The molecule has 1 heterocycles. The molecule has 1 unspecified atom stereocenters. The minimum atomic E-state index is -0.640. The number of rotatable bonds is 7. The molecule has 1 saturated carbocycles. The van der Waals surface area contributed by atoms with E-state index in [1.165, 1.54) is 6.92 Å². The van der Waals surface area contributed by atoms with E-state index >= 15 is 0 Å². The number of anilines is 1. The largest absolute Gasteiger partial charge is 0.457 e. The summed E-state index contributed by atoms with van der Waals surface area (Å²) in [6, 6.07) is 14.5. The second kappa shape index (κ2) is 9.25. The van der Waals surface area contributed by atoms with Gasteiger partial charge in [-0.05, 0) is 67.3 Å². The summed E-state index contributed by atoms with van der Waals surface area (Å²) >= 11 is 0. The fraction of sp³-hybridized carbons (Fsp3) is 0.320. The van der Waals surface area contributed by atoms with Crippen LogP contribution in [-0.4, -0.2) is 22.7 Å². The van der Waals surface area contributed by atoms with E-state index in [1.54, 1.807) is 24.3 Å². The predicted octanol–water partition coefficient (Wildman–Crippen LogP) is 4.30. The molecule has 1 fully saturated rings. The smallest absolute Gasteiger partial charge is 0.221 e. The molecule has 32 heavy (non-hydrogen) atoms. The number of Topliss-reactive ketones (excluding diaryl/α,β-unsaturated/α-hetero) is 1. The van der Waals surface area contributed by atoms with E-state index in [4.69, 9.17) is 10.5 Å². The number of nitrogens with two attached hydrogens (primary N) is 1. The zero-order valence-corrected chi connectivity index (χ0v) is 17.9. The molecule has 4 rings (SSSR count). The van der Waals surface area contributed by atoms with Crippen LogP contribution in [0.5, 0.6) is 11.5 Å². The number of nitrogens with zero attached hydrogens (tertiary/aromatic N) is 1. The van der Waals surface area contributed by atoms with E-state index in [9.17, 15) is 14.9 Å². The molecular formula is C25H26N4O3. The molecule has 1 aromatic heterocycles. The van der Waals surface area contributed by atoms with Gasteiger partial charge in [0.2, 0.25) is 5.91 Å². The molecule has 0 radical (unpaired) electrons. The average molecular weight is 431 g/mol. The summed E-state index contributed by atoms with van der Waals surface area (Å²) in [6.07, 6.45) is 4.71. The number of ketones is 1. The molecule has 1 aliphatic rings. The number of H-pyrrole nitrogens is 1. The van der Waals surface area contributed by atoms with Crippen LogP contribution in [0.3, 0.4) is 0 Å². The lowest BCUT2D eigenvalue weighted by Gasteiger charge is -2.17. The SMILES string of the molecule is CC(=O)Nc1ccc(Oc2ccc3[nH]cc(C[C@H](N)C(=O)C4CCC[C@H]4C#N)c3c2)cc1. The minimum absolute atomic E-state index is 0.0185. The van der Waals surface area contributed by atoms with Crippen molar-refractivity contribution in [2.24, 2.45) is 17.6 Å². The molecule has 7 heteroatoms. The normalized spacial score (nSPS) is 18.8. The van der Waals surface area contributed by atoms with Crippen LogP contribution < -0.4 is 15.8 Å². The standard InChI is InChI=1S/C25H26N4O3/c1-15(30)29-18-5-7-19(8-6-18)32-20-9-10-24-22(12-20)17(14-28-24)11-23(27)25(31)21-4-2-3-16(21)13-26/h5-10,12,14,16,21,23,28H,2-4,11,27H2,1H3,(H,29,30)/t16-,21?,23-/m0/s1. The fourth-order valence-electron chi connectivity index (χ4n) is 4.40. The zero-order valence-electron chi connectivity index (χ0n) is 17.9. The van der Waals surface area contributed by atoms with Gasteiger partial charge < -0.3 is 20.8 Å². The summed E-state index contributed by atoms with van der Waals surface area (Å²) in [4.78, 5) is 27.2. The van der Waals surface area contributed by atoms with Gasteiger partial charge in [0.25, 0.3) is 0 Å². The van der Waals surface area contributed by atoms with E-state index in [2.05, 4.69) is 16.4 Å². The third-order valence-corrected chi connectivity index (χ3v) is 6.00. The summed E-state index contributed by atoms with van der Waals surface area (Å²) in [5.74, 6) is 0.692. The molecule has 164 valence electrons. The second-order valence-corrected chi connectivity index (χ2v) is 8.31. The van der Waals surface area contributed by atoms with Gasteiger partial charge in [0.1, 0.15) is 11.5 Å². The minimum Gasteiger partial charge on any atom is -0.457 e. The Morgan fingerprint density at radius 3 is 2.69 bits per heavy atom. The summed E-state index contributed by atoms with van der Waals surface area (Å²) in [7, 11) is 0. The number of aromatic amines is 1. The quantitative estimate of drug-likeness (QED) is 0.516. The Kier molecular flexibility index (Phi) is 6.24. The van der Waals surface area contributed by atoms with E-state index in [0.717, 1.165) is 35.7 Å². The number of hydrogen-bond acceptors (Lipinski definition) is 5. The number of carbonyl (C=O) groups excluding carboxylic acids is 2. The van der Waals surface area contributed by atoms with Crippen LogP contribution in [0.2, 0.25) is 0 Å². The first-order chi connectivity index (χ1) is 15.4. The molecular weight excluding hydrogens is 404 g/mol. The van der Waals surface area contributed by atoms with Gasteiger partial charge >= 0.3 is 0 Å². The van der Waals surface area contributed by atoms with Crippen LogP contribution in [0.4, 0.5) is 5.69 Å². The molecule has 0 bridgehead atoms. The number of nitrogens with one attached hydrogen (secondary N) is 2. The third-order valence-electron chi connectivity index (χ3n) is 6.00. The molecule has 0 saturated heterocycles. The van der Waals surface area contributed by atoms with Crippen LogP contribution >= 0.6 is 0 Å². The van der Waals surface area contributed by atoms with Crippen LogP contribution in [0.25, 0.3) is 10.9 Å². The Morgan fingerprint density at radius 1 is 1.22 bits per heavy atom. The van der Waals surface area contributed by atoms with Crippen molar-refractivity contribution in [1.29, 1.82) is 5.26 Å². The maximum atomic E-state index is 12.8. The third kappa shape index (κ3) is 4.66. The highest BCUT2D eigenvalue weighted by Crippen LogP contribution is 2.33. The number of amides is 1. The van der Waals surface area contributed by atoms with Crippen LogP contribution in [-0.2, 0) is 16.0 Å². The van der Waals surface area contributed by atoms with Gasteiger partial charge in [0, 0.05) is 35.6 Å². The molecule has 7 nitrogen and oxygen atoms in total. The highest BCUT2D eigenvalue weighted by Gasteiger charge is 2.35. The van der Waals surface area contributed by atoms with Crippen molar-refractivity contribution in [1.82, 2.24) is 4.98 Å². The number of nitriles is 1. The number of fused-ring (bicyclic) bond motifs is 1. The van der Waals surface area contributed by atoms with Crippen LogP contribution in [0.15, 0.2) is 48.7 Å². The highest BCUT2D eigenvalue weighted by atomic mass is 16.5. The van der Waals surface area contributed by atoms with Crippen LogP contribution in [0, 0.1) is 23.2 Å². The van der Waals surface area contributed by atoms with Gasteiger partial charge in [-0.2, -0.15) is 5.26 Å². The summed E-state index contributed by atoms with van der Waals surface area (Å²) in [5.41, 5.74) is 8.85. The van der Waals surface area contributed by atoms with Gasteiger partial charge in [-0.1, -0.05) is 6.42 Å². The van der Waals surface area contributed by atoms with Crippen molar-refractivity contribution in [3.8, 4) is 17.6 Å². The molecule has 3 atom stereocenters. The summed E-state index contributed by atoms with van der Waals surface area (Å²) < 4.78 is 5.97. The number of ether oxygens (including phenoxy) is 1. The van der Waals surface area contributed by atoms with Crippen molar-refractivity contribution < 1.29 is 14.3 Å². The molecule has 0 aliphatic heterocycles. The van der Waals surface area contributed by atoms with E-state index in [-0.39, 0.29) is 23.5 Å². The lowest BCUT2D eigenvalue weighted by Crippen LogP contribution is -2.38. The maximum Gasteiger partial charge on any atom is 0.221 e. The van der Waals surface area contributed by atoms with Gasteiger partial charge in [-0.15, -0.1) is 0 Å². The Labute approximate surface area is 186 Å². The molecule has 2 aromatic carbocycles. The number of aromatic nitrogens is 1. The molecule has 0 spiro atoms. The van der Waals surface area contributed by atoms with Crippen molar-refractivity contribution in [2.75, 3.05) is 5.32 Å².